The van der Waals surface area contributed by atoms with Gasteiger partial charge >= 0.3 is 0 Å². The molecule has 78 valence electrons. The van der Waals surface area contributed by atoms with Gasteiger partial charge in [-0.3, -0.25) is 0 Å². The van der Waals surface area contributed by atoms with Gasteiger partial charge in [0.25, 0.3) is 10.7 Å². The molecule has 0 spiro atoms. The van der Waals surface area contributed by atoms with Crippen LogP contribution in [0.3, 0.4) is 0 Å². The maximum absolute atomic E-state index is 5.23. The van der Waals surface area contributed by atoms with Crippen LogP contribution >= 0.6 is 15.9 Å². The minimum Gasteiger partial charge on any atom is -0.480 e. The van der Waals surface area contributed by atoms with Crippen LogP contribution in [0.1, 0.15) is 5.69 Å². The van der Waals surface area contributed by atoms with Gasteiger partial charge in [0.2, 0.25) is 5.88 Å². The Balaban J connectivity index is 2.52. The largest absolute Gasteiger partial charge is 0.480 e. The number of ether oxygens (including phenoxy) is 1. The van der Waals surface area contributed by atoms with Gasteiger partial charge < -0.3 is 9.15 Å². The summed E-state index contributed by atoms with van der Waals surface area (Å²) in [7, 11) is 1.55. The van der Waals surface area contributed by atoms with Gasteiger partial charge in [0.15, 0.2) is 0 Å². The second-order valence-corrected chi connectivity index (χ2v) is 3.55. The number of hydrogen-bond donors (Lipinski definition) is 0. The summed E-state index contributed by atoms with van der Waals surface area (Å²) in [6.07, 6.45) is 0. The molecule has 2 aromatic heterocycles. The first-order valence-corrected chi connectivity index (χ1v) is 5.01. The van der Waals surface area contributed by atoms with E-state index >= 15 is 0 Å². The number of aryl methyl sites for hydroxylation is 1. The molecule has 0 aromatic carbocycles. The van der Waals surface area contributed by atoms with Gasteiger partial charge in [-0.2, -0.15) is 0 Å². The minimum absolute atomic E-state index is 0.333. The third kappa shape index (κ3) is 1.99. The summed E-state index contributed by atoms with van der Waals surface area (Å²) >= 11 is 3.09. The predicted octanol–water partition coefficient (Wildman–Crippen LogP) is 2.21. The van der Waals surface area contributed by atoms with Crippen LogP contribution in [0.15, 0.2) is 21.3 Å². The summed E-state index contributed by atoms with van der Waals surface area (Å²) in [6, 6.07) is 3.69. The molecule has 0 radical (unpaired) electrons. The summed E-state index contributed by atoms with van der Waals surface area (Å²) in [4.78, 5) is 4.55. The SMILES string of the molecule is COc1nc(C)ccc1-c1nnc(Br)o1. The standard InChI is InChI=1S/C9H8BrN3O2/c1-5-3-4-6(7(11-5)14-2)8-12-13-9(10)15-8/h3-4H,1-2H3. The average Bonchev–Trinajstić information content (AvgIpc) is 2.64. The molecule has 2 heterocycles. The zero-order valence-electron chi connectivity index (χ0n) is 8.19. The van der Waals surface area contributed by atoms with Crippen molar-refractivity contribution in [3.63, 3.8) is 0 Å². The lowest BCUT2D eigenvalue weighted by atomic mass is 10.2. The number of rotatable bonds is 2. The topological polar surface area (TPSA) is 61.0 Å². The van der Waals surface area contributed by atoms with E-state index in [1.54, 1.807) is 7.11 Å². The van der Waals surface area contributed by atoms with Crippen molar-refractivity contribution in [1.82, 2.24) is 15.2 Å². The molecule has 0 saturated carbocycles. The molecule has 0 N–H and O–H groups in total. The lowest BCUT2D eigenvalue weighted by molar-refractivity contribution is 0.396. The van der Waals surface area contributed by atoms with Gasteiger partial charge in [0.1, 0.15) is 5.56 Å². The highest BCUT2D eigenvalue weighted by molar-refractivity contribution is 9.10. The van der Waals surface area contributed by atoms with Crippen molar-refractivity contribution in [2.24, 2.45) is 0 Å². The fourth-order valence-corrected chi connectivity index (χ4v) is 1.40. The van der Waals surface area contributed by atoms with Crippen LogP contribution in [0.25, 0.3) is 11.5 Å². The van der Waals surface area contributed by atoms with Gasteiger partial charge in [-0.1, -0.05) is 0 Å². The lowest BCUT2D eigenvalue weighted by Crippen LogP contribution is -1.93. The molecule has 0 unspecified atom stereocenters. The van der Waals surface area contributed by atoms with E-state index in [0.717, 1.165) is 5.69 Å². The third-order valence-corrected chi connectivity index (χ3v) is 2.14. The van der Waals surface area contributed by atoms with Crippen LogP contribution in [-0.4, -0.2) is 22.3 Å². The van der Waals surface area contributed by atoms with Crippen molar-refractivity contribution in [2.45, 2.75) is 6.92 Å². The minimum atomic E-state index is 0.333. The van der Waals surface area contributed by atoms with Gasteiger partial charge in [-0.05, 0) is 19.1 Å². The van der Waals surface area contributed by atoms with E-state index in [1.165, 1.54) is 0 Å². The van der Waals surface area contributed by atoms with Gasteiger partial charge in [-0.15, -0.1) is 10.2 Å². The maximum Gasteiger partial charge on any atom is 0.285 e. The molecule has 2 rings (SSSR count). The number of halogens is 1. The van der Waals surface area contributed by atoms with Crippen molar-refractivity contribution >= 4 is 15.9 Å². The Morgan fingerprint density at radius 3 is 2.73 bits per heavy atom. The normalized spacial score (nSPS) is 10.3. The van der Waals surface area contributed by atoms with Crippen LogP contribution in [0, 0.1) is 6.92 Å². The molecule has 6 heteroatoms. The highest BCUT2D eigenvalue weighted by Gasteiger charge is 2.13. The monoisotopic (exact) mass is 269 g/mol. The number of hydrogen-bond acceptors (Lipinski definition) is 5. The molecule has 0 atom stereocenters. The van der Waals surface area contributed by atoms with Crippen molar-refractivity contribution in [3.8, 4) is 17.3 Å². The van der Waals surface area contributed by atoms with E-state index in [1.807, 2.05) is 19.1 Å². The van der Waals surface area contributed by atoms with Crippen LogP contribution in [0.2, 0.25) is 0 Å². The molecular formula is C9H8BrN3O2. The Morgan fingerprint density at radius 1 is 1.33 bits per heavy atom. The van der Waals surface area contributed by atoms with Gasteiger partial charge in [0, 0.05) is 21.6 Å². The van der Waals surface area contributed by atoms with Crippen LogP contribution < -0.4 is 4.74 Å². The Kier molecular flexibility index (Phi) is 2.68. The molecule has 0 saturated heterocycles. The van der Waals surface area contributed by atoms with E-state index in [-0.39, 0.29) is 0 Å². The highest BCUT2D eigenvalue weighted by Crippen LogP contribution is 2.27. The van der Waals surface area contributed by atoms with Gasteiger partial charge in [-0.25, -0.2) is 4.98 Å². The fourth-order valence-electron chi connectivity index (χ4n) is 1.17. The smallest absolute Gasteiger partial charge is 0.285 e. The summed E-state index contributed by atoms with van der Waals surface area (Å²) in [5.74, 6) is 0.859. The van der Waals surface area contributed by atoms with E-state index in [9.17, 15) is 0 Å². The molecule has 0 bridgehead atoms. The van der Waals surface area contributed by atoms with Crippen molar-refractivity contribution in [1.29, 1.82) is 0 Å². The van der Waals surface area contributed by atoms with E-state index in [4.69, 9.17) is 9.15 Å². The fraction of sp³-hybridized carbons (Fsp3) is 0.222. The Labute approximate surface area is 94.6 Å². The predicted molar refractivity (Wildman–Crippen MR) is 56.5 cm³/mol. The molecule has 0 fully saturated rings. The molecule has 0 aliphatic carbocycles. The molecule has 0 amide bonds. The molecule has 0 aliphatic heterocycles. The van der Waals surface area contributed by atoms with Crippen LogP contribution in [-0.2, 0) is 0 Å². The second-order valence-electron chi connectivity index (χ2n) is 2.87. The quantitative estimate of drug-likeness (QED) is 0.837. The lowest BCUT2D eigenvalue weighted by Gasteiger charge is -2.03. The molecule has 2 aromatic rings. The van der Waals surface area contributed by atoms with Gasteiger partial charge in [0.05, 0.1) is 7.11 Å². The number of aromatic nitrogens is 3. The number of pyridine rings is 1. The summed E-state index contributed by atoms with van der Waals surface area (Å²) in [5, 5.41) is 7.55. The summed E-state index contributed by atoms with van der Waals surface area (Å²) in [6.45, 7) is 1.88. The third-order valence-electron chi connectivity index (χ3n) is 1.82. The van der Waals surface area contributed by atoms with Crippen LogP contribution in [0.5, 0.6) is 5.88 Å². The zero-order chi connectivity index (χ0) is 10.8. The summed E-state index contributed by atoms with van der Waals surface area (Å²) in [5.41, 5.74) is 1.55. The second kappa shape index (κ2) is 3.98. The molecule has 15 heavy (non-hydrogen) atoms. The van der Waals surface area contributed by atoms with E-state index in [2.05, 4.69) is 31.1 Å². The average molecular weight is 270 g/mol. The van der Waals surface area contributed by atoms with Crippen molar-refractivity contribution in [3.05, 3.63) is 22.6 Å². The van der Waals surface area contributed by atoms with E-state index < -0.39 is 0 Å². The number of methoxy groups -OCH3 is 1. The first-order valence-electron chi connectivity index (χ1n) is 4.21. The molecule has 0 aliphatic rings. The Hall–Kier alpha value is -1.43. The first kappa shape index (κ1) is 10.1. The number of nitrogens with zero attached hydrogens (tertiary/aromatic N) is 3. The first-order chi connectivity index (χ1) is 7.20. The summed E-state index contributed by atoms with van der Waals surface area (Å²) < 4.78 is 10.4. The molecule has 5 nitrogen and oxygen atoms in total. The highest BCUT2D eigenvalue weighted by atomic mass is 79.9. The maximum atomic E-state index is 5.23. The van der Waals surface area contributed by atoms with E-state index in [0.29, 0.717) is 22.1 Å². The Morgan fingerprint density at radius 2 is 2.13 bits per heavy atom. The zero-order valence-corrected chi connectivity index (χ0v) is 9.78. The van der Waals surface area contributed by atoms with Crippen molar-refractivity contribution in [2.75, 3.05) is 7.11 Å². The Bertz CT molecular complexity index is 484. The van der Waals surface area contributed by atoms with Crippen molar-refractivity contribution < 1.29 is 9.15 Å². The van der Waals surface area contributed by atoms with Crippen LogP contribution in [0.4, 0.5) is 0 Å². The molecular weight excluding hydrogens is 262 g/mol.